The lowest BCUT2D eigenvalue weighted by molar-refractivity contribution is 0.317. The second-order valence-corrected chi connectivity index (χ2v) is 4.30. The fraction of sp³-hybridized carbons (Fsp3) is 0.625. The summed E-state index contributed by atoms with van der Waals surface area (Å²) in [7, 11) is 1.89. The number of hydrogen-bond acceptors (Lipinski definition) is 5. The monoisotopic (exact) mass is 229 g/mol. The highest BCUT2D eigenvalue weighted by Gasteiger charge is 2.17. The lowest BCUT2D eigenvalue weighted by Gasteiger charge is -2.11. The summed E-state index contributed by atoms with van der Waals surface area (Å²) < 4.78 is 1.87. The summed E-state index contributed by atoms with van der Waals surface area (Å²) >= 11 is 1.44. The summed E-state index contributed by atoms with van der Waals surface area (Å²) in [6, 6.07) is 0. The van der Waals surface area contributed by atoms with Crippen molar-refractivity contribution in [2.45, 2.75) is 30.7 Å². The molecule has 1 aromatic rings. The van der Waals surface area contributed by atoms with Crippen molar-refractivity contribution in [2.75, 3.05) is 0 Å². The van der Waals surface area contributed by atoms with Crippen molar-refractivity contribution < 1.29 is 5.21 Å². The van der Waals surface area contributed by atoms with Crippen molar-refractivity contribution in [3.63, 3.8) is 0 Å². The first-order valence-corrected chi connectivity index (χ1v) is 5.48. The third-order valence-corrected chi connectivity index (χ3v) is 3.54. The van der Waals surface area contributed by atoms with E-state index in [1.54, 1.807) is 0 Å². The van der Waals surface area contributed by atoms with Gasteiger partial charge in [-0.15, -0.1) is 10.2 Å². The molecular weight excluding hydrogens is 214 g/mol. The summed E-state index contributed by atoms with van der Waals surface area (Å²) in [5.41, 5.74) is 5.55. The molecule has 0 radical (unpaired) electrons. The van der Waals surface area contributed by atoms with Crippen LogP contribution in [-0.4, -0.2) is 31.1 Å². The Morgan fingerprint density at radius 2 is 2.33 bits per heavy atom. The maximum Gasteiger partial charge on any atom is 0.191 e. The van der Waals surface area contributed by atoms with Gasteiger partial charge in [0.2, 0.25) is 0 Å². The van der Waals surface area contributed by atoms with E-state index in [0.29, 0.717) is 0 Å². The Bertz CT molecular complexity index is 362. The van der Waals surface area contributed by atoms with Crippen molar-refractivity contribution in [3.8, 4) is 0 Å². The number of nitrogens with zero attached hydrogens (tertiary/aromatic N) is 4. The van der Waals surface area contributed by atoms with Crippen molar-refractivity contribution in [3.05, 3.63) is 5.82 Å². The zero-order chi connectivity index (χ0) is 11.4. The molecule has 0 bridgehead atoms. The molecule has 0 aromatic carbocycles. The molecule has 0 fully saturated rings. The predicted molar refractivity (Wildman–Crippen MR) is 59.1 cm³/mol. The van der Waals surface area contributed by atoms with E-state index in [2.05, 4.69) is 15.4 Å². The van der Waals surface area contributed by atoms with Crippen LogP contribution in [0, 0.1) is 6.92 Å². The van der Waals surface area contributed by atoms with Crippen LogP contribution in [0.25, 0.3) is 0 Å². The highest BCUT2D eigenvalue weighted by molar-refractivity contribution is 8.00. The topological polar surface area (TPSA) is 89.3 Å². The molecule has 84 valence electrons. The normalized spacial score (nSPS) is 14.2. The van der Waals surface area contributed by atoms with E-state index in [-0.39, 0.29) is 11.1 Å². The first kappa shape index (κ1) is 11.8. The van der Waals surface area contributed by atoms with Crippen LogP contribution in [0.5, 0.6) is 0 Å². The van der Waals surface area contributed by atoms with E-state index < -0.39 is 0 Å². The van der Waals surface area contributed by atoms with Gasteiger partial charge in [-0.2, -0.15) is 0 Å². The number of aromatic nitrogens is 3. The minimum atomic E-state index is -0.0719. The molecule has 7 heteroatoms. The van der Waals surface area contributed by atoms with Crippen LogP contribution in [-0.2, 0) is 7.05 Å². The van der Waals surface area contributed by atoms with E-state index in [9.17, 15) is 0 Å². The summed E-state index contributed by atoms with van der Waals surface area (Å²) in [4.78, 5) is 0. The molecule has 0 saturated heterocycles. The predicted octanol–water partition coefficient (Wildman–Crippen LogP) is 0.741. The number of rotatable bonds is 4. The van der Waals surface area contributed by atoms with E-state index in [4.69, 9.17) is 10.9 Å². The lowest BCUT2D eigenvalue weighted by atomic mass is 10.3. The van der Waals surface area contributed by atoms with E-state index >= 15 is 0 Å². The van der Waals surface area contributed by atoms with Crippen LogP contribution in [0.3, 0.4) is 0 Å². The second kappa shape index (κ2) is 5.01. The molecule has 6 nitrogen and oxygen atoms in total. The molecule has 1 rings (SSSR count). The van der Waals surface area contributed by atoms with Gasteiger partial charge in [-0.1, -0.05) is 23.8 Å². The number of thioether (sulfide) groups is 1. The molecule has 0 amide bonds. The maximum atomic E-state index is 8.60. The highest BCUT2D eigenvalue weighted by atomic mass is 32.2. The van der Waals surface area contributed by atoms with Crippen molar-refractivity contribution in [2.24, 2.45) is 17.9 Å². The number of oxime groups is 1. The maximum absolute atomic E-state index is 8.60. The summed E-state index contributed by atoms with van der Waals surface area (Å²) in [6.45, 7) is 3.85. The Morgan fingerprint density at radius 3 is 2.73 bits per heavy atom. The second-order valence-electron chi connectivity index (χ2n) is 3.13. The van der Waals surface area contributed by atoms with Crippen LogP contribution in [0.15, 0.2) is 10.3 Å². The SMILES string of the molecule is CCC(Sc1nnc(C)n1C)C(N)=NO. The van der Waals surface area contributed by atoms with Gasteiger partial charge in [-0.3, -0.25) is 0 Å². The van der Waals surface area contributed by atoms with Gasteiger partial charge >= 0.3 is 0 Å². The molecule has 0 aliphatic rings. The average molecular weight is 229 g/mol. The van der Waals surface area contributed by atoms with Crippen LogP contribution >= 0.6 is 11.8 Å². The first-order chi connectivity index (χ1) is 7.10. The van der Waals surface area contributed by atoms with Crippen LogP contribution in [0.1, 0.15) is 19.2 Å². The minimum absolute atomic E-state index is 0.0719. The summed E-state index contributed by atoms with van der Waals surface area (Å²) in [6.07, 6.45) is 0.770. The smallest absolute Gasteiger partial charge is 0.191 e. The van der Waals surface area contributed by atoms with Gasteiger partial charge in [-0.05, 0) is 13.3 Å². The molecule has 0 aliphatic carbocycles. The zero-order valence-electron chi connectivity index (χ0n) is 9.01. The fourth-order valence-electron chi connectivity index (χ4n) is 1.03. The molecule has 0 aliphatic heterocycles. The minimum Gasteiger partial charge on any atom is -0.409 e. The average Bonchev–Trinajstić information content (AvgIpc) is 2.56. The number of aryl methyl sites for hydroxylation is 1. The molecule has 1 aromatic heterocycles. The van der Waals surface area contributed by atoms with Crippen LogP contribution < -0.4 is 5.73 Å². The van der Waals surface area contributed by atoms with Gasteiger partial charge in [0, 0.05) is 7.05 Å². The molecule has 1 heterocycles. The summed E-state index contributed by atoms with van der Waals surface area (Å²) in [5, 5.41) is 20.2. The molecule has 15 heavy (non-hydrogen) atoms. The van der Waals surface area contributed by atoms with Crippen molar-refractivity contribution >= 4 is 17.6 Å². The first-order valence-electron chi connectivity index (χ1n) is 4.60. The van der Waals surface area contributed by atoms with Crippen LogP contribution in [0.2, 0.25) is 0 Å². The van der Waals surface area contributed by atoms with Gasteiger partial charge in [0.25, 0.3) is 0 Å². The third kappa shape index (κ3) is 2.62. The lowest BCUT2D eigenvalue weighted by Crippen LogP contribution is -2.25. The molecule has 3 N–H and O–H groups in total. The van der Waals surface area contributed by atoms with Gasteiger partial charge in [0.1, 0.15) is 5.82 Å². The fourth-order valence-corrected chi connectivity index (χ4v) is 2.00. The molecule has 0 saturated carbocycles. The number of amidine groups is 1. The largest absolute Gasteiger partial charge is 0.409 e. The molecule has 0 spiro atoms. The van der Waals surface area contributed by atoms with Gasteiger partial charge < -0.3 is 15.5 Å². The van der Waals surface area contributed by atoms with Gasteiger partial charge in [0.15, 0.2) is 11.0 Å². The molecule has 1 unspecified atom stereocenters. The van der Waals surface area contributed by atoms with E-state index in [0.717, 1.165) is 17.4 Å². The van der Waals surface area contributed by atoms with E-state index in [1.807, 2.05) is 25.5 Å². The summed E-state index contributed by atoms with van der Waals surface area (Å²) in [5.74, 6) is 1.05. The molecule has 1 atom stereocenters. The number of nitrogens with two attached hydrogens (primary N) is 1. The molecular formula is C8H15N5OS. The highest BCUT2D eigenvalue weighted by Crippen LogP contribution is 2.23. The van der Waals surface area contributed by atoms with E-state index in [1.165, 1.54) is 11.8 Å². The number of hydrogen-bond donors (Lipinski definition) is 2. The Kier molecular flexibility index (Phi) is 3.96. The Balaban J connectivity index is 2.80. The quantitative estimate of drug-likeness (QED) is 0.261. The van der Waals surface area contributed by atoms with Gasteiger partial charge in [-0.25, -0.2) is 0 Å². The van der Waals surface area contributed by atoms with Crippen molar-refractivity contribution in [1.29, 1.82) is 0 Å². The zero-order valence-corrected chi connectivity index (χ0v) is 9.82. The van der Waals surface area contributed by atoms with Gasteiger partial charge in [0.05, 0.1) is 5.25 Å². The Labute approximate surface area is 92.6 Å². The Hall–Kier alpha value is -1.24. The Morgan fingerprint density at radius 1 is 1.67 bits per heavy atom. The van der Waals surface area contributed by atoms with Crippen molar-refractivity contribution in [1.82, 2.24) is 14.8 Å². The standard InChI is InChI=1S/C8H15N5OS/c1-4-6(7(9)12-14)15-8-11-10-5(2)13(8)3/h6,14H,4H2,1-3H3,(H2,9,12). The van der Waals surface area contributed by atoms with Crippen LogP contribution in [0.4, 0.5) is 0 Å². The third-order valence-electron chi connectivity index (χ3n) is 2.12.